The van der Waals surface area contributed by atoms with E-state index in [2.05, 4.69) is 0 Å². The predicted octanol–water partition coefficient (Wildman–Crippen LogP) is 0.0303. The van der Waals surface area contributed by atoms with Gasteiger partial charge < -0.3 is 14.7 Å². The first-order chi connectivity index (χ1) is 8.50. The summed E-state index contributed by atoms with van der Waals surface area (Å²) in [7, 11) is 0. The molecule has 0 bridgehead atoms. The normalized spacial score (nSPS) is 16.3. The molecule has 0 atom stereocenters. The lowest BCUT2D eigenvalue weighted by atomic mass is 10.2. The van der Waals surface area contributed by atoms with E-state index >= 15 is 0 Å². The summed E-state index contributed by atoms with van der Waals surface area (Å²) in [6, 6.07) is 0.161. The summed E-state index contributed by atoms with van der Waals surface area (Å²) in [5, 5.41) is 8.69. The van der Waals surface area contributed by atoms with Gasteiger partial charge in [0.25, 0.3) is 0 Å². The van der Waals surface area contributed by atoms with Crippen molar-refractivity contribution < 1.29 is 19.4 Å². The zero-order valence-electron chi connectivity index (χ0n) is 11.1. The van der Waals surface area contributed by atoms with Gasteiger partial charge in [0.1, 0.15) is 0 Å². The van der Waals surface area contributed by atoms with Gasteiger partial charge >= 0.3 is 5.97 Å². The molecule has 6 nitrogen and oxygen atoms in total. The molecule has 0 saturated carbocycles. The Balaban J connectivity index is 2.43. The van der Waals surface area contributed by atoms with Gasteiger partial charge in [-0.25, -0.2) is 0 Å². The van der Waals surface area contributed by atoms with Crippen LogP contribution in [0.25, 0.3) is 0 Å². The maximum absolute atomic E-state index is 12.0. The lowest BCUT2D eigenvalue weighted by molar-refractivity contribution is -0.140. The molecule has 0 radical (unpaired) electrons. The van der Waals surface area contributed by atoms with Gasteiger partial charge in [0.05, 0.1) is 26.2 Å². The Labute approximate surface area is 107 Å². The van der Waals surface area contributed by atoms with Gasteiger partial charge in [-0.05, 0) is 13.8 Å². The van der Waals surface area contributed by atoms with Crippen LogP contribution in [0.2, 0.25) is 0 Å². The van der Waals surface area contributed by atoms with Crippen molar-refractivity contribution in [3.8, 4) is 0 Å². The fourth-order valence-electron chi connectivity index (χ4n) is 1.85. The van der Waals surface area contributed by atoms with Crippen molar-refractivity contribution in [3.05, 3.63) is 0 Å². The average molecular weight is 258 g/mol. The number of nitrogens with zero attached hydrogens (tertiary/aromatic N) is 2. The number of carboxylic acids is 1. The Hall–Kier alpha value is -1.14. The Bertz CT molecular complexity index is 288. The van der Waals surface area contributed by atoms with Gasteiger partial charge in [0.2, 0.25) is 5.91 Å². The Morgan fingerprint density at radius 1 is 1.33 bits per heavy atom. The molecule has 6 heteroatoms. The van der Waals surface area contributed by atoms with Crippen LogP contribution in [0.15, 0.2) is 0 Å². The molecule has 0 aromatic heterocycles. The van der Waals surface area contributed by atoms with Gasteiger partial charge in [-0.15, -0.1) is 0 Å². The van der Waals surface area contributed by atoms with Crippen LogP contribution in [0.5, 0.6) is 0 Å². The Morgan fingerprint density at radius 3 is 2.44 bits per heavy atom. The standard InChI is InChI=1S/C12H22N2O4/c1-10(2)14(4-3-12(16)17)9-11(15)13-5-7-18-8-6-13/h10H,3-9H2,1-2H3,(H,16,17). The number of aliphatic carboxylic acids is 1. The highest BCUT2D eigenvalue weighted by Crippen LogP contribution is 2.04. The molecule has 1 amide bonds. The van der Waals surface area contributed by atoms with Crippen LogP contribution >= 0.6 is 0 Å². The van der Waals surface area contributed by atoms with Crippen LogP contribution in [-0.2, 0) is 14.3 Å². The van der Waals surface area contributed by atoms with Gasteiger partial charge in [-0.3, -0.25) is 14.5 Å². The topological polar surface area (TPSA) is 70.1 Å². The second-order valence-electron chi connectivity index (χ2n) is 4.70. The molecule has 1 N–H and O–H groups in total. The number of hydrogen-bond acceptors (Lipinski definition) is 4. The molecular formula is C12H22N2O4. The van der Waals surface area contributed by atoms with Crippen LogP contribution in [0, 0.1) is 0 Å². The molecule has 1 fully saturated rings. The zero-order valence-corrected chi connectivity index (χ0v) is 11.1. The van der Waals surface area contributed by atoms with Crippen molar-refractivity contribution in [2.75, 3.05) is 39.4 Å². The first-order valence-corrected chi connectivity index (χ1v) is 6.32. The summed E-state index contributed by atoms with van der Waals surface area (Å²) in [5.41, 5.74) is 0. The van der Waals surface area contributed by atoms with Gasteiger partial charge in [-0.1, -0.05) is 0 Å². The SMILES string of the molecule is CC(C)N(CCC(=O)O)CC(=O)N1CCOCC1. The number of carbonyl (C=O) groups excluding carboxylic acids is 1. The van der Waals surface area contributed by atoms with E-state index in [9.17, 15) is 9.59 Å². The maximum Gasteiger partial charge on any atom is 0.304 e. The van der Waals surface area contributed by atoms with E-state index in [1.807, 2.05) is 18.7 Å². The van der Waals surface area contributed by atoms with Gasteiger partial charge in [0, 0.05) is 25.7 Å². The predicted molar refractivity (Wildman–Crippen MR) is 66.4 cm³/mol. The van der Waals surface area contributed by atoms with Crippen LogP contribution < -0.4 is 0 Å². The third-order valence-electron chi connectivity index (χ3n) is 3.05. The summed E-state index contributed by atoms with van der Waals surface area (Å²) in [6.45, 7) is 7.05. The number of amides is 1. The number of carboxylic acid groups (broad SMARTS) is 1. The van der Waals surface area contributed by atoms with Crippen molar-refractivity contribution in [1.82, 2.24) is 9.80 Å². The first-order valence-electron chi connectivity index (χ1n) is 6.32. The highest BCUT2D eigenvalue weighted by Gasteiger charge is 2.21. The third kappa shape index (κ3) is 5.01. The minimum absolute atomic E-state index is 0.0531. The van der Waals surface area contributed by atoms with Crippen LogP contribution in [0.4, 0.5) is 0 Å². The number of hydrogen-bond donors (Lipinski definition) is 1. The highest BCUT2D eigenvalue weighted by molar-refractivity contribution is 5.78. The molecule has 0 unspecified atom stereocenters. The maximum atomic E-state index is 12.0. The van der Waals surface area contributed by atoms with Crippen molar-refractivity contribution in [2.45, 2.75) is 26.3 Å². The number of ether oxygens (including phenoxy) is 1. The molecule has 0 aromatic rings. The number of rotatable bonds is 6. The molecule has 0 aromatic carbocycles. The van der Waals surface area contributed by atoms with E-state index < -0.39 is 5.97 Å². The van der Waals surface area contributed by atoms with Gasteiger partial charge in [0.15, 0.2) is 0 Å². The average Bonchev–Trinajstić information content (AvgIpc) is 2.34. The van der Waals surface area contributed by atoms with E-state index in [0.717, 1.165) is 0 Å². The van der Waals surface area contributed by atoms with Crippen molar-refractivity contribution in [3.63, 3.8) is 0 Å². The fraction of sp³-hybridized carbons (Fsp3) is 0.833. The number of carbonyl (C=O) groups is 2. The quantitative estimate of drug-likeness (QED) is 0.728. The largest absolute Gasteiger partial charge is 0.481 e. The second-order valence-corrected chi connectivity index (χ2v) is 4.70. The minimum atomic E-state index is -0.834. The summed E-state index contributed by atoms with van der Waals surface area (Å²) in [4.78, 5) is 26.3. The Morgan fingerprint density at radius 2 is 1.94 bits per heavy atom. The molecule has 0 aliphatic carbocycles. The summed E-state index contributed by atoms with van der Waals surface area (Å²) < 4.78 is 5.20. The molecule has 104 valence electrons. The van der Waals surface area contributed by atoms with E-state index in [0.29, 0.717) is 32.8 Å². The minimum Gasteiger partial charge on any atom is -0.481 e. The monoisotopic (exact) mass is 258 g/mol. The lowest BCUT2D eigenvalue weighted by Gasteiger charge is -2.31. The van der Waals surface area contributed by atoms with Gasteiger partial charge in [-0.2, -0.15) is 0 Å². The van der Waals surface area contributed by atoms with Crippen molar-refractivity contribution in [1.29, 1.82) is 0 Å². The molecule has 1 rings (SSSR count). The van der Waals surface area contributed by atoms with Crippen LogP contribution in [-0.4, -0.2) is 72.2 Å². The van der Waals surface area contributed by atoms with Crippen LogP contribution in [0.1, 0.15) is 20.3 Å². The smallest absolute Gasteiger partial charge is 0.304 e. The molecule has 1 aliphatic rings. The summed E-state index contributed by atoms with van der Waals surface area (Å²) in [5.74, 6) is -0.781. The molecular weight excluding hydrogens is 236 g/mol. The molecule has 0 spiro atoms. The lowest BCUT2D eigenvalue weighted by Crippen LogP contribution is -2.47. The summed E-state index contributed by atoms with van der Waals surface area (Å²) >= 11 is 0. The van der Waals surface area contributed by atoms with E-state index in [1.54, 1.807) is 4.90 Å². The van der Waals surface area contributed by atoms with E-state index in [4.69, 9.17) is 9.84 Å². The highest BCUT2D eigenvalue weighted by atomic mass is 16.5. The summed E-state index contributed by atoms with van der Waals surface area (Å²) in [6.07, 6.45) is 0.0641. The van der Waals surface area contributed by atoms with Crippen molar-refractivity contribution >= 4 is 11.9 Å². The zero-order chi connectivity index (χ0) is 13.5. The molecule has 1 saturated heterocycles. The third-order valence-corrected chi connectivity index (χ3v) is 3.05. The molecule has 1 heterocycles. The fourth-order valence-corrected chi connectivity index (χ4v) is 1.85. The molecule has 1 aliphatic heterocycles. The first kappa shape index (κ1) is 14.9. The van der Waals surface area contributed by atoms with Crippen LogP contribution in [0.3, 0.4) is 0 Å². The molecule has 18 heavy (non-hydrogen) atoms. The van der Waals surface area contributed by atoms with E-state index in [1.165, 1.54) is 0 Å². The van der Waals surface area contributed by atoms with Crippen molar-refractivity contribution in [2.24, 2.45) is 0 Å². The Kier molecular flexibility index (Phi) is 6.07. The van der Waals surface area contributed by atoms with E-state index in [-0.39, 0.29) is 24.9 Å². The second kappa shape index (κ2) is 7.33. The number of morpholine rings is 1.